The van der Waals surface area contributed by atoms with Crippen LogP contribution >= 0.6 is 0 Å². The molecule has 1 aromatic rings. The maximum Gasteiger partial charge on any atom is 0.123 e. The van der Waals surface area contributed by atoms with Gasteiger partial charge in [0.25, 0.3) is 0 Å². The van der Waals surface area contributed by atoms with Crippen LogP contribution in [0.5, 0.6) is 5.75 Å². The van der Waals surface area contributed by atoms with Crippen LogP contribution in [0, 0.1) is 6.92 Å². The zero-order valence-electron chi connectivity index (χ0n) is 11.3. The first kappa shape index (κ1) is 12.0. The maximum atomic E-state index is 6.03. The Labute approximate surface area is 109 Å². The molecule has 2 atom stereocenters. The van der Waals surface area contributed by atoms with E-state index in [1.54, 1.807) is 0 Å². The molecule has 2 aliphatic rings. The molecule has 0 radical (unpaired) electrons. The Morgan fingerprint density at radius 1 is 1.44 bits per heavy atom. The van der Waals surface area contributed by atoms with Gasteiger partial charge in [0, 0.05) is 25.6 Å². The summed E-state index contributed by atoms with van der Waals surface area (Å²) in [5.41, 5.74) is 2.70. The van der Waals surface area contributed by atoms with Crippen LogP contribution in [-0.2, 0) is 6.42 Å². The maximum absolute atomic E-state index is 6.03. The number of nitrogens with one attached hydrogen (secondary N) is 1. The Balaban J connectivity index is 1.60. The van der Waals surface area contributed by atoms with E-state index >= 15 is 0 Å². The molecule has 98 valence electrons. The summed E-state index contributed by atoms with van der Waals surface area (Å²) in [6, 6.07) is 7.18. The SMILES string of the molecule is Cc1ccc2c(c1)CC(CN(C)C1CCNC1)O2. The predicted octanol–water partition coefficient (Wildman–Crippen LogP) is 1.59. The second-order valence-electron chi connectivity index (χ2n) is 5.64. The Morgan fingerprint density at radius 2 is 2.33 bits per heavy atom. The molecule has 0 aliphatic carbocycles. The highest BCUT2D eigenvalue weighted by Gasteiger charge is 2.27. The van der Waals surface area contributed by atoms with E-state index in [0.29, 0.717) is 12.1 Å². The highest BCUT2D eigenvalue weighted by Crippen LogP contribution is 2.30. The molecule has 2 aliphatic heterocycles. The fourth-order valence-electron chi connectivity index (χ4n) is 3.04. The fourth-order valence-corrected chi connectivity index (χ4v) is 3.04. The number of aryl methyl sites for hydroxylation is 1. The van der Waals surface area contributed by atoms with E-state index in [1.807, 2.05) is 0 Å². The van der Waals surface area contributed by atoms with E-state index in [4.69, 9.17) is 4.74 Å². The highest BCUT2D eigenvalue weighted by molar-refractivity contribution is 5.40. The molecule has 1 N–H and O–H groups in total. The summed E-state index contributed by atoms with van der Waals surface area (Å²) in [6.07, 6.45) is 2.64. The van der Waals surface area contributed by atoms with E-state index in [9.17, 15) is 0 Å². The van der Waals surface area contributed by atoms with Crippen molar-refractivity contribution in [3.63, 3.8) is 0 Å². The van der Waals surface area contributed by atoms with Crippen molar-refractivity contribution in [2.75, 3.05) is 26.7 Å². The molecular weight excluding hydrogens is 224 g/mol. The van der Waals surface area contributed by atoms with E-state index in [2.05, 4.69) is 42.4 Å². The molecule has 0 amide bonds. The molecule has 1 fully saturated rings. The number of nitrogens with zero attached hydrogens (tertiary/aromatic N) is 1. The summed E-state index contributed by atoms with van der Waals surface area (Å²) in [6.45, 7) is 5.44. The molecule has 2 unspecified atom stereocenters. The monoisotopic (exact) mass is 246 g/mol. The Morgan fingerprint density at radius 3 is 3.11 bits per heavy atom. The third-order valence-electron chi connectivity index (χ3n) is 4.11. The number of hydrogen-bond acceptors (Lipinski definition) is 3. The predicted molar refractivity (Wildman–Crippen MR) is 73.2 cm³/mol. The lowest BCUT2D eigenvalue weighted by atomic mass is 10.1. The summed E-state index contributed by atoms with van der Waals surface area (Å²) in [5.74, 6) is 1.09. The average molecular weight is 246 g/mol. The molecule has 3 nitrogen and oxygen atoms in total. The number of rotatable bonds is 3. The van der Waals surface area contributed by atoms with Crippen molar-refractivity contribution in [2.45, 2.75) is 31.9 Å². The van der Waals surface area contributed by atoms with Gasteiger partial charge in [0.15, 0.2) is 0 Å². The van der Waals surface area contributed by atoms with Gasteiger partial charge in [-0.2, -0.15) is 0 Å². The minimum absolute atomic E-state index is 0.326. The number of hydrogen-bond donors (Lipinski definition) is 1. The van der Waals surface area contributed by atoms with Gasteiger partial charge < -0.3 is 10.1 Å². The van der Waals surface area contributed by atoms with Crippen LogP contribution in [0.15, 0.2) is 18.2 Å². The van der Waals surface area contributed by atoms with Crippen molar-refractivity contribution < 1.29 is 4.74 Å². The molecule has 0 bridgehead atoms. The molecule has 3 heteroatoms. The van der Waals surface area contributed by atoms with Crippen LogP contribution in [0.4, 0.5) is 0 Å². The summed E-state index contributed by atoms with van der Waals surface area (Å²) < 4.78 is 6.03. The number of ether oxygens (including phenoxy) is 1. The summed E-state index contributed by atoms with van der Waals surface area (Å²) in [7, 11) is 2.22. The van der Waals surface area contributed by atoms with Gasteiger partial charge in [0.1, 0.15) is 11.9 Å². The van der Waals surface area contributed by atoms with Crippen molar-refractivity contribution in [3.8, 4) is 5.75 Å². The van der Waals surface area contributed by atoms with Crippen molar-refractivity contribution >= 4 is 0 Å². The van der Waals surface area contributed by atoms with Crippen molar-refractivity contribution in [1.29, 1.82) is 0 Å². The van der Waals surface area contributed by atoms with Gasteiger partial charge in [-0.3, -0.25) is 4.90 Å². The van der Waals surface area contributed by atoms with Crippen molar-refractivity contribution in [2.24, 2.45) is 0 Å². The molecule has 3 rings (SSSR count). The molecule has 0 spiro atoms. The molecule has 0 aromatic heterocycles. The second kappa shape index (κ2) is 4.90. The fraction of sp³-hybridized carbons (Fsp3) is 0.600. The van der Waals surface area contributed by atoms with Gasteiger partial charge in [-0.25, -0.2) is 0 Å². The Hall–Kier alpha value is -1.06. The Bertz CT molecular complexity index is 427. The van der Waals surface area contributed by atoms with E-state index in [-0.39, 0.29) is 0 Å². The minimum atomic E-state index is 0.326. The second-order valence-corrected chi connectivity index (χ2v) is 5.64. The minimum Gasteiger partial charge on any atom is -0.488 e. The quantitative estimate of drug-likeness (QED) is 0.876. The lowest BCUT2D eigenvalue weighted by molar-refractivity contribution is 0.144. The van der Waals surface area contributed by atoms with Crippen LogP contribution in [0.25, 0.3) is 0 Å². The molecule has 1 saturated heterocycles. The summed E-state index contributed by atoms with van der Waals surface area (Å²) >= 11 is 0. The van der Waals surface area contributed by atoms with Gasteiger partial charge in [0.2, 0.25) is 0 Å². The standard InChI is InChI=1S/C15H22N2O/c1-11-3-4-15-12(7-11)8-14(18-15)10-17(2)13-5-6-16-9-13/h3-4,7,13-14,16H,5-6,8-10H2,1-2H3. The zero-order valence-corrected chi connectivity index (χ0v) is 11.3. The lowest BCUT2D eigenvalue weighted by Gasteiger charge is -2.26. The van der Waals surface area contributed by atoms with Crippen molar-refractivity contribution in [1.82, 2.24) is 10.2 Å². The van der Waals surface area contributed by atoms with Gasteiger partial charge in [0.05, 0.1) is 0 Å². The topological polar surface area (TPSA) is 24.5 Å². The lowest BCUT2D eigenvalue weighted by Crippen LogP contribution is -2.40. The van der Waals surface area contributed by atoms with E-state index in [0.717, 1.165) is 31.8 Å². The average Bonchev–Trinajstić information content (AvgIpc) is 2.95. The van der Waals surface area contributed by atoms with Crippen LogP contribution in [0.1, 0.15) is 17.5 Å². The molecule has 2 heterocycles. The van der Waals surface area contributed by atoms with Crippen LogP contribution in [0.2, 0.25) is 0 Å². The zero-order chi connectivity index (χ0) is 12.5. The van der Waals surface area contributed by atoms with Gasteiger partial charge in [-0.1, -0.05) is 17.7 Å². The largest absolute Gasteiger partial charge is 0.488 e. The van der Waals surface area contributed by atoms with E-state index in [1.165, 1.54) is 17.5 Å². The van der Waals surface area contributed by atoms with Crippen LogP contribution in [-0.4, -0.2) is 43.7 Å². The highest BCUT2D eigenvalue weighted by atomic mass is 16.5. The summed E-state index contributed by atoms with van der Waals surface area (Å²) in [4.78, 5) is 2.45. The van der Waals surface area contributed by atoms with E-state index < -0.39 is 0 Å². The summed E-state index contributed by atoms with van der Waals surface area (Å²) in [5, 5.41) is 3.42. The van der Waals surface area contributed by atoms with Gasteiger partial charge in [-0.15, -0.1) is 0 Å². The molecular formula is C15H22N2O. The number of fused-ring (bicyclic) bond motifs is 1. The van der Waals surface area contributed by atoms with Crippen LogP contribution in [0.3, 0.4) is 0 Å². The van der Waals surface area contributed by atoms with Crippen molar-refractivity contribution in [3.05, 3.63) is 29.3 Å². The van der Waals surface area contributed by atoms with Gasteiger partial charge >= 0.3 is 0 Å². The molecule has 18 heavy (non-hydrogen) atoms. The first-order chi connectivity index (χ1) is 8.72. The van der Waals surface area contributed by atoms with Gasteiger partial charge in [-0.05, 0) is 38.6 Å². The first-order valence-corrected chi connectivity index (χ1v) is 6.89. The number of likely N-dealkylation sites (N-methyl/N-ethyl adjacent to an activating group) is 1. The smallest absolute Gasteiger partial charge is 0.123 e. The van der Waals surface area contributed by atoms with Crippen LogP contribution < -0.4 is 10.1 Å². The number of benzene rings is 1. The third kappa shape index (κ3) is 2.38. The third-order valence-corrected chi connectivity index (χ3v) is 4.11. The molecule has 1 aromatic carbocycles. The molecule has 0 saturated carbocycles. The first-order valence-electron chi connectivity index (χ1n) is 6.89. The Kier molecular flexibility index (Phi) is 3.27. The normalized spacial score (nSPS) is 26.4.